The van der Waals surface area contributed by atoms with Crippen molar-refractivity contribution in [2.45, 2.75) is 24.8 Å². The Bertz CT molecular complexity index is 431. The Morgan fingerprint density at radius 2 is 1.84 bits per heavy atom. The number of nitrogens with one attached hydrogen (secondary N) is 1. The van der Waals surface area contributed by atoms with E-state index in [4.69, 9.17) is 23.2 Å². The highest BCUT2D eigenvalue weighted by molar-refractivity contribution is 6.35. The van der Waals surface area contributed by atoms with Gasteiger partial charge in [-0.2, -0.15) is 0 Å². The summed E-state index contributed by atoms with van der Waals surface area (Å²) in [5, 5.41) is 4.96. The summed E-state index contributed by atoms with van der Waals surface area (Å²) in [5.41, 5.74) is 1.06. The number of halogens is 2. The van der Waals surface area contributed by atoms with Gasteiger partial charge >= 0.3 is 0 Å². The molecule has 0 spiro atoms. The van der Waals surface area contributed by atoms with Crippen LogP contribution in [0.2, 0.25) is 10.0 Å². The Kier molecular flexibility index (Phi) is 4.77. The number of piperidine rings is 1. The van der Waals surface area contributed by atoms with Crippen LogP contribution in [0.15, 0.2) is 30.9 Å². The van der Waals surface area contributed by atoms with E-state index < -0.39 is 0 Å². The normalized spacial score (nSPS) is 19.1. The molecule has 0 amide bonds. The number of hydrogen-bond acceptors (Lipinski definition) is 2. The monoisotopic (exact) mass is 298 g/mol. The first-order valence-electron chi connectivity index (χ1n) is 6.57. The molecule has 104 valence electrons. The molecule has 0 unspecified atom stereocenters. The minimum absolute atomic E-state index is 0.0717. The van der Waals surface area contributed by atoms with Gasteiger partial charge in [0.1, 0.15) is 0 Å². The highest BCUT2D eigenvalue weighted by Crippen LogP contribution is 2.32. The quantitative estimate of drug-likeness (QED) is 0.827. The average Bonchev–Trinajstić information content (AvgIpc) is 2.32. The van der Waals surface area contributed by atoms with E-state index in [-0.39, 0.29) is 5.54 Å². The Balaban J connectivity index is 2.18. The van der Waals surface area contributed by atoms with Crippen molar-refractivity contribution >= 4 is 28.9 Å². The Morgan fingerprint density at radius 3 is 2.37 bits per heavy atom. The Hall–Kier alpha value is -0.700. The zero-order valence-corrected chi connectivity index (χ0v) is 12.8. The maximum absolute atomic E-state index is 6.06. The fourth-order valence-electron chi connectivity index (χ4n) is 2.64. The van der Waals surface area contributed by atoms with E-state index in [2.05, 4.69) is 23.8 Å². The number of anilines is 1. The van der Waals surface area contributed by atoms with Crippen LogP contribution in [0, 0.1) is 0 Å². The molecule has 1 aromatic carbocycles. The molecule has 0 aliphatic carbocycles. The topological polar surface area (TPSA) is 15.3 Å². The number of nitrogens with zero attached hydrogens (tertiary/aromatic N) is 1. The molecule has 0 bridgehead atoms. The maximum Gasteiger partial charge on any atom is 0.0441 e. The summed E-state index contributed by atoms with van der Waals surface area (Å²) in [6.07, 6.45) is 5.13. The van der Waals surface area contributed by atoms with Gasteiger partial charge < -0.3 is 10.2 Å². The molecule has 4 heteroatoms. The number of hydrogen-bond donors (Lipinski definition) is 1. The summed E-state index contributed by atoms with van der Waals surface area (Å²) in [4.78, 5) is 2.36. The van der Waals surface area contributed by atoms with Gasteiger partial charge in [-0.05, 0) is 44.5 Å². The molecule has 0 atom stereocenters. The summed E-state index contributed by atoms with van der Waals surface area (Å²) in [5.74, 6) is 0. The first kappa shape index (κ1) is 14.7. The number of benzene rings is 1. The predicted octanol–water partition coefficient (Wildman–Crippen LogP) is 4.45. The van der Waals surface area contributed by atoms with Gasteiger partial charge in [-0.1, -0.05) is 29.3 Å². The molecule has 0 radical (unpaired) electrons. The molecule has 0 aromatic heterocycles. The summed E-state index contributed by atoms with van der Waals surface area (Å²) in [7, 11) is 2.16. The molecular weight excluding hydrogens is 279 g/mol. The van der Waals surface area contributed by atoms with Crippen molar-refractivity contribution in [2.24, 2.45) is 0 Å². The van der Waals surface area contributed by atoms with Gasteiger partial charge in [-0.15, -0.1) is 6.58 Å². The van der Waals surface area contributed by atoms with Crippen molar-refractivity contribution < 1.29 is 0 Å². The Morgan fingerprint density at radius 1 is 1.26 bits per heavy atom. The fraction of sp³-hybridized carbons (Fsp3) is 0.467. The standard InChI is InChI=1S/C15H20Cl2N2/c1-3-4-15(5-7-19(2)8-6-15)18-14-10-12(16)9-13(17)11-14/h3,9-11,18H,1,4-8H2,2H3. The van der Waals surface area contributed by atoms with E-state index in [0.29, 0.717) is 10.0 Å². The van der Waals surface area contributed by atoms with Gasteiger partial charge in [-0.3, -0.25) is 0 Å². The molecule has 1 aliphatic heterocycles. The van der Waals surface area contributed by atoms with Gasteiger partial charge in [0.25, 0.3) is 0 Å². The third-order valence-electron chi connectivity index (χ3n) is 3.75. The fourth-order valence-corrected chi connectivity index (χ4v) is 3.16. The zero-order chi connectivity index (χ0) is 13.9. The van der Waals surface area contributed by atoms with Crippen LogP contribution < -0.4 is 5.32 Å². The van der Waals surface area contributed by atoms with E-state index in [1.165, 1.54) is 0 Å². The molecule has 1 N–H and O–H groups in total. The van der Waals surface area contributed by atoms with Gasteiger partial charge in [0.2, 0.25) is 0 Å². The highest BCUT2D eigenvalue weighted by Gasteiger charge is 2.32. The van der Waals surface area contributed by atoms with Crippen LogP contribution in [0.3, 0.4) is 0 Å². The maximum atomic E-state index is 6.06. The molecule has 2 rings (SSSR count). The molecule has 1 saturated heterocycles. The first-order valence-corrected chi connectivity index (χ1v) is 7.32. The number of likely N-dealkylation sites (tertiary alicyclic amines) is 1. The molecule has 1 aromatic rings. The third-order valence-corrected chi connectivity index (χ3v) is 4.19. The summed E-state index contributed by atoms with van der Waals surface area (Å²) in [6, 6.07) is 5.61. The van der Waals surface area contributed by atoms with E-state index >= 15 is 0 Å². The van der Waals surface area contributed by atoms with Crippen LogP contribution in [0.5, 0.6) is 0 Å². The minimum Gasteiger partial charge on any atom is -0.379 e. The average molecular weight is 299 g/mol. The van der Waals surface area contributed by atoms with Crippen molar-refractivity contribution in [1.82, 2.24) is 4.90 Å². The van der Waals surface area contributed by atoms with Crippen LogP contribution in [-0.2, 0) is 0 Å². The lowest BCUT2D eigenvalue weighted by molar-refractivity contribution is 0.206. The second-order valence-electron chi connectivity index (χ2n) is 5.36. The van der Waals surface area contributed by atoms with E-state index in [1.807, 2.05) is 18.2 Å². The van der Waals surface area contributed by atoms with Crippen LogP contribution in [0.4, 0.5) is 5.69 Å². The van der Waals surface area contributed by atoms with Crippen molar-refractivity contribution in [3.8, 4) is 0 Å². The lowest BCUT2D eigenvalue weighted by atomic mass is 9.84. The summed E-state index contributed by atoms with van der Waals surface area (Å²) in [6.45, 7) is 6.07. The van der Waals surface area contributed by atoms with Crippen molar-refractivity contribution in [3.63, 3.8) is 0 Å². The van der Waals surface area contributed by atoms with Crippen LogP contribution in [-0.4, -0.2) is 30.6 Å². The summed E-state index contributed by atoms with van der Waals surface area (Å²) >= 11 is 12.1. The molecule has 1 fully saturated rings. The largest absolute Gasteiger partial charge is 0.379 e. The smallest absolute Gasteiger partial charge is 0.0441 e. The molecule has 0 saturated carbocycles. The van der Waals surface area contributed by atoms with Crippen LogP contribution in [0.1, 0.15) is 19.3 Å². The molecule has 19 heavy (non-hydrogen) atoms. The number of rotatable bonds is 4. The van der Waals surface area contributed by atoms with E-state index in [1.54, 1.807) is 6.07 Å². The second-order valence-corrected chi connectivity index (χ2v) is 6.23. The van der Waals surface area contributed by atoms with Gasteiger partial charge in [0.15, 0.2) is 0 Å². The summed E-state index contributed by atoms with van der Waals surface area (Å²) < 4.78 is 0. The zero-order valence-electron chi connectivity index (χ0n) is 11.3. The van der Waals surface area contributed by atoms with Crippen molar-refractivity contribution in [1.29, 1.82) is 0 Å². The molecular formula is C15H20Cl2N2. The molecule has 1 aliphatic rings. The lowest BCUT2D eigenvalue weighted by Crippen LogP contribution is -2.47. The van der Waals surface area contributed by atoms with E-state index in [9.17, 15) is 0 Å². The van der Waals surface area contributed by atoms with Crippen LogP contribution in [0.25, 0.3) is 0 Å². The van der Waals surface area contributed by atoms with Gasteiger partial charge in [0, 0.05) is 34.4 Å². The second kappa shape index (κ2) is 6.17. The Labute approximate surface area is 125 Å². The third kappa shape index (κ3) is 3.88. The van der Waals surface area contributed by atoms with Crippen molar-refractivity contribution in [3.05, 3.63) is 40.9 Å². The van der Waals surface area contributed by atoms with Crippen LogP contribution >= 0.6 is 23.2 Å². The lowest BCUT2D eigenvalue weighted by Gasteiger charge is -2.41. The van der Waals surface area contributed by atoms with Crippen molar-refractivity contribution in [2.75, 3.05) is 25.5 Å². The predicted molar refractivity (Wildman–Crippen MR) is 84.4 cm³/mol. The molecule has 1 heterocycles. The van der Waals surface area contributed by atoms with E-state index in [0.717, 1.165) is 38.0 Å². The van der Waals surface area contributed by atoms with Gasteiger partial charge in [-0.25, -0.2) is 0 Å². The first-order chi connectivity index (χ1) is 9.03. The van der Waals surface area contributed by atoms with Gasteiger partial charge in [0.05, 0.1) is 0 Å². The minimum atomic E-state index is 0.0717. The highest BCUT2D eigenvalue weighted by atomic mass is 35.5. The SMILES string of the molecule is C=CCC1(Nc2cc(Cl)cc(Cl)c2)CCN(C)CC1. The molecule has 2 nitrogen and oxygen atoms in total.